The molecule has 1 rings (SSSR count). The van der Waals surface area contributed by atoms with Crippen LogP contribution in [0.3, 0.4) is 0 Å². The largest absolute Gasteiger partial charge is 0.416 e. The van der Waals surface area contributed by atoms with Gasteiger partial charge in [-0.05, 0) is 36.9 Å². The van der Waals surface area contributed by atoms with Crippen molar-refractivity contribution in [2.45, 2.75) is 45.8 Å². The molecular weight excluding hydrogens is 251 g/mol. The fourth-order valence-electron chi connectivity index (χ4n) is 1.86. The average molecular weight is 273 g/mol. The van der Waals surface area contributed by atoms with E-state index >= 15 is 0 Å². The second-order valence-corrected chi connectivity index (χ2v) is 5.40. The molecule has 0 heterocycles. The van der Waals surface area contributed by atoms with E-state index < -0.39 is 11.7 Å². The maximum atomic E-state index is 12.6. The summed E-state index contributed by atoms with van der Waals surface area (Å²) in [6.45, 7) is 7.18. The molecule has 0 aliphatic heterocycles. The Balaban J connectivity index is 2.49. The molecule has 0 saturated carbocycles. The van der Waals surface area contributed by atoms with Gasteiger partial charge in [-0.1, -0.05) is 39.0 Å². The number of hydrogen-bond acceptors (Lipinski definition) is 1. The predicted molar refractivity (Wildman–Crippen MR) is 72.1 cm³/mol. The lowest BCUT2D eigenvalue weighted by molar-refractivity contribution is -0.137. The Kier molecular flexibility index (Phi) is 5.85. The van der Waals surface area contributed by atoms with Crippen LogP contribution in [0.15, 0.2) is 24.3 Å². The predicted octanol–water partition coefficient (Wildman–Crippen LogP) is 4.27. The Labute approximate surface area is 113 Å². The Morgan fingerprint density at radius 2 is 1.84 bits per heavy atom. The Bertz CT molecular complexity index is 385. The van der Waals surface area contributed by atoms with Crippen LogP contribution in [0.25, 0.3) is 0 Å². The quantitative estimate of drug-likeness (QED) is 0.816. The van der Waals surface area contributed by atoms with E-state index in [4.69, 9.17) is 0 Å². The molecule has 0 aromatic heterocycles. The van der Waals surface area contributed by atoms with Gasteiger partial charge in [0.05, 0.1) is 5.56 Å². The molecule has 4 heteroatoms. The molecule has 0 aliphatic carbocycles. The summed E-state index contributed by atoms with van der Waals surface area (Å²) in [6, 6.07) is 6.05. The molecule has 1 nitrogen and oxygen atoms in total. The van der Waals surface area contributed by atoms with Crippen molar-refractivity contribution in [3.8, 4) is 0 Å². The van der Waals surface area contributed by atoms with Crippen molar-refractivity contribution < 1.29 is 13.2 Å². The highest BCUT2D eigenvalue weighted by atomic mass is 19.4. The number of benzene rings is 1. The molecule has 0 aliphatic rings. The van der Waals surface area contributed by atoms with E-state index in [1.165, 1.54) is 12.1 Å². The molecule has 19 heavy (non-hydrogen) atoms. The van der Waals surface area contributed by atoms with E-state index in [2.05, 4.69) is 26.1 Å². The minimum atomic E-state index is -4.25. The number of rotatable bonds is 6. The van der Waals surface area contributed by atoms with Gasteiger partial charge < -0.3 is 5.32 Å². The van der Waals surface area contributed by atoms with Gasteiger partial charge in [0.15, 0.2) is 0 Å². The monoisotopic (exact) mass is 273 g/mol. The third-order valence-corrected chi connectivity index (χ3v) is 3.05. The molecule has 0 radical (unpaired) electrons. The van der Waals surface area contributed by atoms with Crippen LogP contribution in [-0.2, 0) is 12.6 Å². The van der Waals surface area contributed by atoms with Gasteiger partial charge in [-0.2, -0.15) is 13.2 Å². The SMILES string of the molecule is CC(CCc1cccc(C(F)(F)F)c1)CNC(C)C. The molecular formula is C15H22F3N. The maximum absolute atomic E-state index is 12.6. The first kappa shape index (κ1) is 16.0. The van der Waals surface area contributed by atoms with Crippen LogP contribution in [0.1, 0.15) is 38.3 Å². The highest BCUT2D eigenvalue weighted by molar-refractivity contribution is 5.25. The highest BCUT2D eigenvalue weighted by Crippen LogP contribution is 2.29. The van der Waals surface area contributed by atoms with Crippen LogP contribution < -0.4 is 5.32 Å². The molecule has 1 aromatic rings. The second-order valence-electron chi connectivity index (χ2n) is 5.40. The maximum Gasteiger partial charge on any atom is 0.416 e. The highest BCUT2D eigenvalue weighted by Gasteiger charge is 2.30. The first-order valence-electron chi connectivity index (χ1n) is 6.68. The smallest absolute Gasteiger partial charge is 0.314 e. The van der Waals surface area contributed by atoms with Crippen molar-refractivity contribution in [2.75, 3.05) is 6.54 Å². The third-order valence-electron chi connectivity index (χ3n) is 3.05. The summed E-state index contributed by atoms with van der Waals surface area (Å²) in [5.41, 5.74) is 0.198. The molecule has 0 bridgehead atoms. The summed E-state index contributed by atoms with van der Waals surface area (Å²) < 4.78 is 37.7. The number of aryl methyl sites for hydroxylation is 1. The molecule has 1 unspecified atom stereocenters. The molecule has 0 fully saturated rings. The lowest BCUT2D eigenvalue weighted by Crippen LogP contribution is -2.28. The topological polar surface area (TPSA) is 12.0 Å². The van der Waals surface area contributed by atoms with Crippen LogP contribution in [0.4, 0.5) is 13.2 Å². The second kappa shape index (κ2) is 6.94. The van der Waals surface area contributed by atoms with Gasteiger partial charge in [-0.3, -0.25) is 0 Å². The molecule has 1 aromatic carbocycles. The molecule has 0 saturated heterocycles. The first-order valence-corrected chi connectivity index (χ1v) is 6.68. The Hall–Kier alpha value is -1.03. The van der Waals surface area contributed by atoms with Gasteiger partial charge in [-0.15, -0.1) is 0 Å². The Morgan fingerprint density at radius 1 is 1.16 bits per heavy atom. The van der Waals surface area contributed by atoms with Gasteiger partial charge in [0.2, 0.25) is 0 Å². The van der Waals surface area contributed by atoms with Crippen LogP contribution in [0.2, 0.25) is 0 Å². The zero-order chi connectivity index (χ0) is 14.5. The summed E-state index contributed by atoms with van der Waals surface area (Å²) in [7, 11) is 0. The lowest BCUT2D eigenvalue weighted by Gasteiger charge is -2.15. The van der Waals surface area contributed by atoms with Gasteiger partial charge in [0.1, 0.15) is 0 Å². The fraction of sp³-hybridized carbons (Fsp3) is 0.600. The van der Waals surface area contributed by atoms with Crippen LogP contribution in [0, 0.1) is 5.92 Å². The van der Waals surface area contributed by atoms with Crippen LogP contribution in [-0.4, -0.2) is 12.6 Å². The fourth-order valence-corrected chi connectivity index (χ4v) is 1.86. The molecule has 0 amide bonds. The number of halogens is 3. The molecule has 1 atom stereocenters. The summed E-state index contributed by atoms with van der Waals surface area (Å²) in [5, 5.41) is 3.34. The molecule has 1 N–H and O–H groups in total. The average Bonchev–Trinajstić information content (AvgIpc) is 2.33. The van der Waals surface area contributed by atoms with E-state index in [9.17, 15) is 13.2 Å². The zero-order valence-corrected chi connectivity index (χ0v) is 11.7. The van der Waals surface area contributed by atoms with Crippen molar-refractivity contribution in [3.63, 3.8) is 0 Å². The minimum Gasteiger partial charge on any atom is -0.314 e. The van der Waals surface area contributed by atoms with Crippen LogP contribution in [0.5, 0.6) is 0 Å². The summed E-state index contributed by atoms with van der Waals surface area (Å²) in [6.07, 6.45) is -2.67. The molecule has 0 spiro atoms. The minimum absolute atomic E-state index is 0.441. The van der Waals surface area contributed by atoms with Crippen molar-refractivity contribution in [3.05, 3.63) is 35.4 Å². The van der Waals surface area contributed by atoms with Crippen LogP contribution >= 0.6 is 0 Å². The first-order chi connectivity index (χ1) is 8.79. The standard InChI is InChI=1S/C15H22F3N/c1-11(2)19-10-12(3)7-8-13-5-4-6-14(9-13)15(16,17)18/h4-6,9,11-12,19H,7-8,10H2,1-3H3. The van der Waals surface area contributed by atoms with Gasteiger partial charge >= 0.3 is 6.18 Å². The van der Waals surface area contributed by atoms with Gasteiger partial charge in [0.25, 0.3) is 0 Å². The third kappa shape index (κ3) is 6.10. The summed E-state index contributed by atoms with van der Waals surface area (Å²) in [4.78, 5) is 0. The van der Waals surface area contributed by atoms with E-state index in [-0.39, 0.29) is 0 Å². The van der Waals surface area contributed by atoms with E-state index in [0.29, 0.717) is 18.4 Å². The normalized spacial score (nSPS) is 13.8. The van der Waals surface area contributed by atoms with Crippen molar-refractivity contribution in [1.82, 2.24) is 5.32 Å². The van der Waals surface area contributed by atoms with Crippen molar-refractivity contribution in [2.24, 2.45) is 5.92 Å². The van der Waals surface area contributed by atoms with Gasteiger partial charge in [0, 0.05) is 6.04 Å². The van der Waals surface area contributed by atoms with Gasteiger partial charge in [-0.25, -0.2) is 0 Å². The van der Waals surface area contributed by atoms with Crippen molar-refractivity contribution >= 4 is 0 Å². The lowest BCUT2D eigenvalue weighted by atomic mass is 9.99. The number of hydrogen-bond donors (Lipinski definition) is 1. The van der Waals surface area contributed by atoms with E-state index in [1.807, 2.05) is 0 Å². The summed E-state index contributed by atoms with van der Waals surface area (Å²) >= 11 is 0. The zero-order valence-electron chi connectivity index (χ0n) is 11.7. The van der Waals surface area contributed by atoms with E-state index in [1.54, 1.807) is 6.07 Å². The van der Waals surface area contributed by atoms with Crippen molar-refractivity contribution in [1.29, 1.82) is 0 Å². The van der Waals surface area contributed by atoms with E-state index in [0.717, 1.165) is 24.6 Å². The number of nitrogens with one attached hydrogen (secondary N) is 1. The Morgan fingerprint density at radius 3 is 2.42 bits per heavy atom. The summed E-state index contributed by atoms with van der Waals surface area (Å²) in [5.74, 6) is 0.456. The number of alkyl halides is 3. The molecule has 108 valence electrons.